The molecule has 2 heterocycles. The van der Waals surface area contributed by atoms with Crippen LogP contribution in [0.2, 0.25) is 0 Å². The summed E-state index contributed by atoms with van der Waals surface area (Å²) in [5.41, 5.74) is 1.20. The van der Waals surface area contributed by atoms with E-state index in [1.807, 2.05) is 0 Å². The first-order valence-electron chi connectivity index (χ1n) is 7.41. The SMILES string of the molecule is O=S(=O)(CC1CCNCC1)NC1CCCc2sccc21. The van der Waals surface area contributed by atoms with E-state index in [1.54, 1.807) is 11.3 Å². The van der Waals surface area contributed by atoms with Crippen molar-refractivity contribution in [2.45, 2.75) is 38.1 Å². The number of piperidine rings is 1. The van der Waals surface area contributed by atoms with Crippen LogP contribution < -0.4 is 10.0 Å². The van der Waals surface area contributed by atoms with Gasteiger partial charge in [0.05, 0.1) is 5.75 Å². The second-order valence-corrected chi connectivity index (χ2v) is 8.64. The molecular weight excluding hydrogens is 292 g/mol. The van der Waals surface area contributed by atoms with Crippen LogP contribution in [0.5, 0.6) is 0 Å². The number of sulfonamides is 1. The minimum absolute atomic E-state index is 0.00304. The van der Waals surface area contributed by atoms with Gasteiger partial charge in [-0.15, -0.1) is 11.3 Å². The van der Waals surface area contributed by atoms with Crippen LogP contribution in [-0.2, 0) is 16.4 Å². The maximum atomic E-state index is 12.4. The summed E-state index contributed by atoms with van der Waals surface area (Å²) in [4.78, 5) is 1.35. The minimum atomic E-state index is -3.17. The highest BCUT2D eigenvalue weighted by Crippen LogP contribution is 2.33. The Morgan fingerprint density at radius 2 is 2.10 bits per heavy atom. The zero-order valence-electron chi connectivity index (χ0n) is 11.6. The molecule has 1 atom stereocenters. The fraction of sp³-hybridized carbons (Fsp3) is 0.714. The molecule has 0 spiro atoms. The van der Waals surface area contributed by atoms with Gasteiger partial charge in [0.15, 0.2) is 0 Å². The van der Waals surface area contributed by atoms with Crippen molar-refractivity contribution in [2.75, 3.05) is 18.8 Å². The quantitative estimate of drug-likeness (QED) is 0.894. The average Bonchev–Trinajstić information content (AvgIpc) is 2.88. The summed E-state index contributed by atoms with van der Waals surface area (Å²) in [6, 6.07) is 2.08. The Kier molecular flexibility index (Phi) is 4.45. The molecule has 112 valence electrons. The molecule has 1 aliphatic heterocycles. The van der Waals surface area contributed by atoms with Crippen LogP contribution in [0.1, 0.15) is 42.2 Å². The second kappa shape index (κ2) is 6.13. The maximum absolute atomic E-state index is 12.4. The molecule has 0 amide bonds. The number of fused-ring (bicyclic) bond motifs is 1. The monoisotopic (exact) mass is 314 g/mol. The fourth-order valence-corrected chi connectivity index (χ4v) is 5.95. The van der Waals surface area contributed by atoms with Crippen molar-refractivity contribution in [1.82, 2.24) is 10.0 Å². The Morgan fingerprint density at radius 3 is 2.90 bits per heavy atom. The molecule has 1 aliphatic carbocycles. The fourth-order valence-electron chi connectivity index (χ4n) is 3.23. The zero-order valence-corrected chi connectivity index (χ0v) is 13.2. The summed E-state index contributed by atoms with van der Waals surface area (Å²) in [6.07, 6.45) is 5.04. The first-order chi connectivity index (χ1) is 9.64. The van der Waals surface area contributed by atoms with Crippen LogP contribution in [0.4, 0.5) is 0 Å². The molecule has 1 saturated heterocycles. The van der Waals surface area contributed by atoms with Crippen molar-refractivity contribution < 1.29 is 8.42 Å². The molecule has 2 N–H and O–H groups in total. The summed E-state index contributed by atoms with van der Waals surface area (Å²) in [6.45, 7) is 1.89. The van der Waals surface area contributed by atoms with Gasteiger partial charge < -0.3 is 5.32 Å². The topological polar surface area (TPSA) is 58.2 Å². The molecule has 1 aromatic heterocycles. The van der Waals surface area contributed by atoms with Gasteiger partial charge in [-0.2, -0.15) is 0 Å². The Hall–Kier alpha value is -0.430. The zero-order chi connectivity index (χ0) is 14.0. The van der Waals surface area contributed by atoms with E-state index in [2.05, 4.69) is 21.5 Å². The molecule has 0 saturated carbocycles. The van der Waals surface area contributed by atoms with E-state index in [9.17, 15) is 8.42 Å². The van der Waals surface area contributed by atoms with Crippen LogP contribution in [0.25, 0.3) is 0 Å². The highest BCUT2D eigenvalue weighted by atomic mass is 32.2. The molecule has 0 aromatic carbocycles. The predicted molar refractivity (Wildman–Crippen MR) is 82.5 cm³/mol. The number of hydrogen-bond acceptors (Lipinski definition) is 4. The maximum Gasteiger partial charge on any atom is 0.212 e. The number of hydrogen-bond donors (Lipinski definition) is 2. The van der Waals surface area contributed by atoms with Crippen LogP contribution in [-0.4, -0.2) is 27.3 Å². The van der Waals surface area contributed by atoms with Gasteiger partial charge in [-0.25, -0.2) is 13.1 Å². The van der Waals surface area contributed by atoms with Gasteiger partial charge in [-0.3, -0.25) is 0 Å². The number of rotatable bonds is 4. The summed E-state index contributed by atoms with van der Waals surface area (Å²) in [5.74, 6) is 0.587. The molecule has 1 unspecified atom stereocenters. The van der Waals surface area contributed by atoms with E-state index in [4.69, 9.17) is 0 Å². The molecule has 6 heteroatoms. The molecule has 0 radical (unpaired) electrons. The average molecular weight is 314 g/mol. The standard InChI is InChI=1S/C14H22N2O2S2/c17-20(18,10-11-4-7-15-8-5-11)16-13-2-1-3-14-12(13)6-9-19-14/h6,9,11,13,15-16H,1-5,7-8,10H2. The highest BCUT2D eigenvalue weighted by Gasteiger charge is 2.27. The Bertz CT molecular complexity index is 547. The van der Waals surface area contributed by atoms with E-state index < -0.39 is 10.0 Å². The van der Waals surface area contributed by atoms with Gasteiger partial charge in [-0.05, 0) is 68.1 Å². The van der Waals surface area contributed by atoms with Gasteiger partial charge in [0.1, 0.15) is 0 Å². The van der Waals surface area contributed by atoms with Gasteiger partial charge in [0, 0.05) is 10.9 Å². The largest absolute Gasteiger partial charge is 0.317 e. The van der Waals surface area contributed by atoms with E-state index in [0.29, 0.717) is 5.92 Å². The molecular formula is C14H22N2O2S2. The predicted octanol–water partition coefficient (Wildman–Crippen LogP) is 2.04. The summed E-state index contributed by atoms with van der Waals surface area (Å²) >= 11 is 1.75. The van der Waals surface area contributed by atoms with E-state index >= 15 is 0 Å². The third-order valence-corrected chi connectivity index (χ3v) is 6.84. The van der Waals surface area contributed by atoms with Crippen LogP contribution in [0, 0.1) is 5.92 Å². The lowest BCUT2D eigenvalue weighted by atomic mass is 9.95. The molecule has 20 heavy (non-hydrogen) atoms. The van der Waals surface area contributed by atoms with E-state index in [-0.39, 0.29) is 11.8 Å². The van der Waals surface area contributed by atoms with Gasteiger partial charge in [-0.1, -0.05) is 0 Å². The normalized spacial score (nSPS) is 24.5. The Balaban J connectivity index is 1.65. The van der Waals surface area contributed by atoms with Gasteiger partial charge in [0.2, 0.25) is 10.0 Å². The third-order valence-electron chi connectivity index (χ3n) is 4.29. The molecule has 1 fully saturated rings. The Labute approximate surface area is 125 Å². The van der Waals surface area contributed by atoms with Gasteiger partial charge >= 0.3 is 0 Å². The number of thiophene rings is 1. The lowest BCUT2D eigenvalue weighted by Crippen LogP contribution is -2.37. The smallest absolute Gasteiger partial charge is 0.212 e. The third kappa shape index (κ3) is 3.42. The van der Waals surface area contributed by atoms with E-state index in [1.165, 1.54) is 10.4 Å². The van der Waals surface area contributed by atoms with Crippen LogP contribution >= 0.6 is 11.3 Å². The molecule has 2 aliphatic rings. The first-order valence-corrected chi connectivity index (χ1v) is 9.94. The van der Waals surface area contributed by atoms with Crippen molar-refractivity contribution in [3.8, 4) is 0 Å². The number of nitrogens with one attached hydrogen (secondary N) is 2. The van der Waals surface area contributed by atoms with Crippen LogP contribution in [0.15, 0.2) is 11.4 Å². The highest BCUT2D eigenvalue weighted by molar-refractivity contribution is 7.89. The van der Waals surface area contributed by atoms with Crippen molar-refractivity contribution in [3.05, 3.63) is 21.9 Å². The van der Waals surface area contributed by atoms with Crippen molar-refractivity contribution in [2.24, 2.45) is 5.92 Å². The van der Waals surface area contributed by atoms with Crippen molar-refractivity contribution >= 4 is 21.4 Å². The van der Waals surface area contributed by atoms with Crippen LogP contribution in [0.3, 0.4) is 0 Å². The molecule has 1 aromatic rings. The second-order valence-electron chi connectivity index (χ2n) is 5.84. The molecule has 0 bridgehead atoms. The lowest BCUT2D eigenvalue weighted by Gasteiger charge is -2.26. The summed E-state index contributed by atoms with van der Waals surface area (Å²) < 4.78 is 27.7. The Morgan fingerprint density at radius 1 is 1.30 bits per heavy atom. The van der Waals surface area contributed by atoms with Crippen molar-refractivity contribution in [1.29, 1.82) is 0 Å². The first kappa shape index (κ1) is 14.5. The lowest BCUT2D eigenvalue weighted by molar-refractivity contribution is 0.398. The summed E-state index contributed by atoms with van der Waals surface area (Å²) in [7, 11) is -3.17. The summed E-state index contributed by atoms with van der Waals surface area (Å²) in [5, 5.41) is 5.35. The van der Waals surface area contributed by atoms with Crippen molar-refractivity contribution in [3.63, 3.8) is 0 Å². The van der Waals surface area contributed by atoms with E-state index in [0.717, 1.165) is 45.2 Å². The minimum Gasteiger partial charge on any atom is -0.317 e. The molecule has 4 nitrogen and oxygen atoms in total. The number of aryl methyl sites for hydroxylation is 1. The molecule has 3 rings (SSSR count). The van der Waals surface area contributed by atoms with Gasteiger partial charge in [0.25, 0.3) is 0 Å².